The number of carbonyl (C=O) groups excluding carboxylic acids is 1. The van der Waals surface area contributed by atoms with Crippen molar-refractivity contribution in [2.45, 2.75) is 13.5 Å². The highest BCUT2D eigenvalue weighted by Crippen LogP contribution is 2.12. The van der Waals surface area contributed by atoms with Crippen LogP contribution in [0, 0.1) is 0 Å². The van der Waals surface area contributed by atoms with Gasteiger partial charge in [-0.15, -0.1) is 0 Å². The van der Waals surface area contributed by atoms with Gasteiger partial charge in [0.15, 0.2) is 5.76 Å². The number of nitrogens with one attached hydrogen (secondary N) is 1. The second kappa shape index (κ2) is 6.02. The molecular weight excluding hydrogens is 230 g/mol. The van der Waals surface area contributed by atoms with Crippen LogP contribution in [0.15, 0.2) is 46.9 Å². The Morgan fingerprint density at radius 1 is 1.22 bits per heavy atom. The van der Waals surface area contributed by atoms with E-state index in [4.69, 9.17) is 9.15 Å². The lowest BCUT2D eigenvalue weighted by atomic mass is 10.3. The third kappa shape index (κ3) is 3.21. The summed E-state index contributed by atoms with van der Waals surface area (Å²) in [5, 5.41) is 2.75. The second-order valence-electron chi connectivity index (χ2n) is 3.72. The molecule has 4 nitrogen and oxygen atoms in total. The first-order chi connectivity index (χ1) is 8.79. The van der Waals surface area contributed by atoms with Gasteiger partial charge in [-0.3, -0.25) is 4.79 Å². The minimum Gasteiger partial charge on any atom is -0.453 e. The predicted molar refractivity (Wildman–Crippen MR) is 68.4 cm³/mol. The molecule has 0 saturated carbocycles. The van der Waals surface area contributed by atoms with Crippen molar-refractivity contribution in [3.63, 3.8) is 0 Å². The maximum atomic E-state index is 11.9. The molecule has 1 N–H and O–H groups in total. The average Bonchev–Trinajstić information content (AvgIpc) is 2.86. The number of hydrogen-bond donors (Lipinski definition) is 1. The van der Waals surface area contributed by atoms with Crippen molar-refractivity contribution in [2.24, 2.45) is 0 Å². The Labute approximate surface area is 106 Å². The molecule has 0 fully saturated rings. The summed E-state index contributed by atoms with van der Waals surface area (Å²) < 4.78 is 10.6. The maximum Gasteiger partial charge on any atom is 0.291 e. The molecule has 4 heteroatoms. The van der Waals surface area contributed by atoms with Gasteiger partial charge in [-0.25, -0.2) is 0 Å². The second-order valence-corrected chi connectivity index (χ2v) is 3.72. The lowest BCUT2D eigenvalue weighted by Gasteiger charge is -2.02. The minimum atomic E-state index is -0.260. The molecule has 1 amide bonds. The fourth-order valence-corrected chi connectivity index (χ4v) is 1.49. The van der Waals surface area contributed by atoms with Crippen LogP contribution >= 0.6 is 0 Å². The Bertz CT molecular complexity index is 505. The molecule has 94 valence electrons. The van der Waals surface area contributed by atoms with Gasteiger partial charge in [0.1, 0.15) is 12.4 Å². The number of para-hydroxylation sites is 1. The van der Waals surface area contributed by atoms with Crippen LogP contribution in [-0.4, -0.2) is 12.5 Å². The molecule has 0 atom stereocenters. The van der Waals surface area contributed by atoms with E-state index in [1.54, 1.807) is 12.1 Å². The molecule has 1 aromatic heterocycles. The summed E-state index contributed by atoms with van der Waals surface area (Å²) in [6.45, 7) is 2.91. The SMILES string of the molecule is CCOCc1ccc(C(=O)Nc2ccccc2)o1. The lowest BCUT2D eigenvalue weighted by molar-refractivity contribution is 0.0972. The van der Waals surface area contributed by atoms with E-state index >= 15 is 0 Å². The van der Waals surface area contributed by atoms with E-state index in [0.717, 1.165) is 5.69 Å². The summed E-state index contributed by atoms with van der Waals surface area (Å²) in [6, 6.07) is 12.6. The zero-order valence-electron chi connectivity index (χ0n) is 10.2. The van der Waals surface area contributed by atoms with Gasteiger partial charge in [0.25, 0.3) is 5.91 Å². The molecule has 1 aromatic carbocycles. The topological polar surface area (TPSA) is 51.5 Å². The van der Waals surface area contributed by atoms with Crippen molar-refractivity contribution >= 4 is 11.6 Å². The highest BCUT2D eigenvalue weighted by Gasteiger charge is 2.11. The highest BCUT2D eigenvalue weighted by molar-refractivity contribution is 6.02. The summed E-state index contributed by atoms with van der Waals surface area (Å²) >= 11 is 0. The minimum absolute atomic E-state index is 0.260. The zero-order valence-corrected chi connectivity index (χ0v) is 10.2. The molecule has 0 radical (unpaired) electrons. The summed E-state index contributed by atoms with van der Waals surface area (Å²) in [5.41, 5.74) is 0.741. The van der Waals surface area contributed by atoms with Crippen LogP contribution in [-0.2, 0) is 11.3 Å². The van der Waals surface area contributed by atoms with E-state index in [0.29, 0.717) is 19.0 Å². The fourth-order valence-electron chi connectivity index (χ4n) is 1.49. The van der Waals surface area contributed by atoms with Gasteiger partial charge in [0.2, 0.25) is 0 Å². The van der Waals surface area contributed by atoms with Crippen molar-refractivity contribution < 1.29 is 13.9 Å². The predicted octanol–water partition coefficient (Wildman–Crippen LogP) is 3.07. The van der Waals surface area contributed by atoms with Gasteiger partial charge in [-0.1, -0.05) is 18.2 Å². The summed E-state index contributed by atoms with van der Waals surface area (Å²) in [7, 11) is 0. The van der Waals surface area contributed by atoms with Crippen LogP contribution < -0.4 is 5.32 Å². The summed E-state index contributed by atoms with van der Waals surface area (Å²) in [4.78, 5) is 11.9. The number of amides is 1. The van der Waals surface area contributed by atoms with Crippen molar-refractivity contribution in [3.05, 3.63) is 54.0 Å². The van der Waals surface area contributed by atoms with E-state index < -0.39 is 0 Å². The molecule has 1 heterocycles. The number of rotatable bonds is 5. The van der Waals surface area contributed by atoms with Crippen LogP contribution in [0.2, 0.25) is 0 Å². The Kier molecular flexibility index (Phi) is 4.15. The van der Waals surface area contributed by atoms with Crippen molar-refractivity contribution in [3.8, 4) is 0 Å². The summed E-state index contributed by atoms with van der Waals surface area (Å²) in [5.74, 6) is 0.674. The average molecular weight is 245 g/mol. The van der Waals surface area contributed by atoms with E-state index in [2.05, 4.69) is 5.32 Å². The zero-order chi connectivity index (χ0) is 12.8. The quantitative estimate of drug-likeness (QED) is 0.880. The Hall–Kier alpha value is -2.07. The van der Waals surface area contributed by atoms with Gasteiger partial charge in [0, 0.05) is 12.3 Å². The van der Waals surface area contributed by atoms with Crippen LogP contribution in [0.5, 0.6) is 0 Å². The Morgan fingerprint density at radius 3 is 2.72 bits per heavy atom. The molecule has 2 rings (SSSR count). The molecule has 0 unspecified atom stereocenters. The smallest absolute Gasteiger partial charge is 0.291 e. The molecular formula is C14H15NO3. The van der Waals surface area contributed by atoms with E-state index in [1.165, 1.54) is 0 Å². The van der Waals surface area contributed by atoms with E-state index in [-0.39, 0.29) is 11.7 Å². The molecule has 0 spiro atoms. The third-order valence-corrected chi connectivity index (χ3v) is 2.37. The highest BCUT2D eigenvalue weighted by atomic mass is 16.5. The summed E-state index contributed by atoms with van der Waals surface area (Å²) in [6.07, 6.45) is 0. The fraction of sp³-hybridized carbons (Fsp3) is 0.214. The Morgan fingerprint density at radius 2 is 2.00 bits per heavy atom. The number of furan rings is 1. The number of carbonyl (C=O) groups is 1. The first-order valence-electron chi connectivity index (χ1n) is 5.82. The lowest BCUT2D eigenvalue weighted by Crippen LogP contribution is -2.10. The maximum absolute atomic E-state index is 11.9. The van der Waals surface area contributed by atoms with Crippen molar-refractivity contribution in [1.82, 2.24) is 0 Å². The number of anilines is 1. The van der Waals surface area contributed by atoms with Crippen LogP contribution in [0.4, 0.5) is 5.69 Å². The number of hydrogen-bond acceptors (Lipinski definition) is 3. The first kappa shape index (κ1) is 12.4. The van der Waals surface area contributed by atoms with Crippen LogP contribution in [0.3, 0.4) is 0 Å². The first-order valence-corrected chi connectivity index (χ1v) is 5.82. The van der Waals surface area contributed by atoms with Crippen LogP contribution in [0.25, 0.3) is 0 Å². The van der Waals surface area contributed by atoms with Gasteiger partial charge >= 0.3 is 0 Å². The number of ether oxygens (including phenoxy) is 1. The van der Waals surface area contributed by atoms with Gasteiger partial charge in [0.05, 0.1) is 0 Å². The third-order valence-electron chi connectivity index (χ3n) is 2.37. The number of benzene rings is 1. The monoisotopic (exact) mass is 245 g/mol. The molecule has 0 aliphatic carbocycles. The standard InChI is InChI=1S/C14H15NO3/c1-2-17-10-12-8-9-13(18-12)14(16)15-11-6-4-3-5-7-11/h3-9H,2,10H2,1H3,(H,15,16). The molecule has 0 aliphatic heterocycles. The largest absolute Gasteiger partial charge is 0.453 e. The Balaban J connectivity index is 1.99. The van der Waals surface area contributed by atoms with Crippen molar-refractivity contribution in [2.75, 3.05) is 11.9 Å². The molecule has 18 heavy (non-hydrogen) atoms. The molecule has 0 aliphatic rings. The molecule has 2 aromatic rings. The van der Waals surface area contributed by atoms with Crippen molar-refractivity contribution in [1.29, 1.82) is 0 Å². The van der Waals surface area contributed by atoms with Gasteiger partial charge in [-0.2, -0.15) is 0 Å². The molecule has 0 saturated heterocycles. The molecule has 0 bridgehead atoms. The van der Waals surface area contributed by atoms with E-state index in [9.17, 15) is 4.79 Å². The van der Waals surface area contributed by atoms with E-state index in [1.807, 2.05) is 37.3 Å². The van der Waals surface area contributed by atoms with Gasteiger partial charge < -0.3 is 14.5 Å². The van der Waals surface area contributed by atoms with Gasteiger partial charge in [-0.05, 0) is 31.2 Å². The normalized spacial score (nSPS) is 10.3. The van der Waals surface area contributed by atoms with Crippen LogP contribution in [0.1, 0.15) is 23.2 Å².